The van der Waals surface area contributed by atoms with Crippen LogP contribution < -0.4 is 10.6 Å². The third kappa shape index (κ3) is 3.11. The molecule has 3 heterocycles. The molecule has 2 aromatic carbocycles. The van der Waals surface area contributed by atoms with E-state index in [9.17, 15) is 19.2 Å². The molecule has 1 atom stereocenters. The first kappa shape index (κ1) is 18.4. The number of amides is 4. The third-order valence-corrected chi connectivity index (χ3v) is 5.85. The fourth-order valence-electron chi connectivity index (χ4n) is 3.78. The molecule has 30 heavy (non-hydrogen) atoms. The smallest absolute Gasteiger partial charge is 0.255 e. The van der Waals surface area contributed by atoms with Crippen LogP contribution in [-0.2, 0) is 16.1 Å². The highest BCUT2D eigenvalue weighted by Gasteiger charge is 2.39. The molecule has 1 unspecified atom stereocenters. The first-order valence-electron chi connectivity index (χ1n) is 9.31. The molecule has 9 nitrogen and oxygen atoms in total. The first-order valence-corrected chi connectivity index (χ1v) is 10.0. The van der Waals surface area contributed by atoms with Crippen molar-refractivity contribution in [3.8, 4) is 0 Å². The van der Waals surface area contributed by atoms with Crippen molar-refractivity contribution in [2.75, 3.05) is 5.32 Å². The Morgan fingerprint density at radius 3 is 2.77 bits per heavy atom. The van der Waals surface area contributed by atoms with E-state index < -0.39 is 11.9 Å². The van der Waals surface area contributed by atoms with E-state index in [1.54, 1.807) is 36.4 Å². The number of imide groups is 1. The zero-order valence-corrected chi connectivity index (χ0v) is 16.4. The van der Waals surface area contributed by atoms with Crippen LogP contribution in [0.15, 0.2) is 36.4 Å². The number of rotatable bonds is 3. The summed E-state index contributed by atoms with van der Waals surface area (Å²) in [5, 5.41) is 5.11. The van der Waals surface area contributed by atoms with E-state index in [4.69, 9.17) is 0 Å². The predicted molar refractivity (Wildman–Crippen MR) is 108 cm³/mol. The highest BCUT2D eigenvalue weighted by Crippen LogP contribution is 2.29. The Morgan fingerprint density at radius 2 is 1.93 bits per heavy atom. The number of nitrogens with one attached hydrogen (secondary N) is 2. The molecule has 0 aliphatic carbocycles. The lowest BCUT2D eigenvalue weighted by molar-refractivity contribution is -0.136. The molecule has 150 valence electrons. The highest BCUT2D eigenvalue weighted by molar-refractivity contribution is 7.00. The van der Waals surface area contributed by atoms with Gasteiger partial charge in [-0.25, -0.2) is 0 Å². The summed E-state index contributed by atoms with van der Waals surface area (Å²) in [7, 11) is 0. The van der Waals surface area contributed by atoms with E-state index in [2.05, 4.69) is 19.4 Å². The van der Waals surface area contributed by atoms with Gasteiger partial charge in [0, 0.05) is 29.8 Å². The monoisotopic (exact) mass is 421 g/mol. The maximum atomic E-state index is 12.7. The van der Waals surface area contributed by atoms with Crippen molar-refractivity contribution in [2.45, 2.75) is 25.4 Å². The van der Waals surface area contributed by atoms with E-state index in [1.165, 1.54) is 4.90 Å². The lowest BCUT2D eigenvalue weighted by Crippen LogP contribution is -2.52. The molecule has 2 N–H and O–H groups in total. The Bertz CT molecular complexity index is 1240. The fraction of sp³-hybridized carbons (Fsp3) is 0.200. The van der Waals surface area contributed by atoms with Gasteiger partial charge >= 0.3 is 0 Å². The molecule has 1 aromatic heterocycles. The van der Waals surface area contributed by atoms with Crippen LogP contribution in [0.1, 0.15) is 39.1 Å². The Balaban J connectivity index is 1.34. The van der Waals surface area contributed by atoms with E-state index in [1.807, 2.05) is 0 Å². The van der Waals surface area contributed by atoms with Crippen molar-refractivity contribution < 1.29 is 19.2 Å². The van der Waals surface area contributed by atoms with Gasteiger partial charge < -0.3 is 10.2 Å². The summed E-state index contributed by atoms with van der Waals surface area (Å²) in [4.78, 5) is 50.3. The third-order valence-electron chi connectivity index (χ3n) is 5.30. The van der Waals surface area contributed by atoms with Gasteiger partial charge in [-0.1, -0.05) is 0 Å². The molecule has 1 fully saturated rings. The van der Waals surface area contributed by atoms with Crippen molar-refractivity contribution in [1.82, 2.24) is 19.0 Å². The minimum absolute atomic E-state index is 0.205. The van der Waals surface area contributed by atoms with Gasteiger partial charge in [-0.05, 0) is 48.4 Å². The Morgan fingerprint density at radius 1 is 1.10 bits per heavy atom. The zero-order chi connectivity index (χ0) is 20.8. The van der Waals surface area contributed by atoms with Crippen molar-refractivity contribution >= 4 is 52.1 Å². The summed E-state index contributed by atoms with van der Waals surface area (Å²) < 4.78 is 8.26. The van der Waals surface area contributed by atoms with Crippen LogP contribution in [-0.4, -0.2) is 43.3 Å². The summed E-state index contributed by atoms with van der Waals surface area (Å²) in [6.45, 7) is 0.251. The first-order chi connectivity index (χ1) is 14.5. The number of carbonyl (C=O) groups is 4. The molecule has 10 heteroatoms. The second-order valence-electron chi connectivity index (χ2n) is 7.19. The molecule has 3 aromatic rings. The summed E-state index contributed by atoms with van der Waals surface area (Å²) in [5.41, 5.74) is 3.62. The van der Waals surface area contributed by atoms with E-state index in [0.29, 0.717) is 28.8 Å². The molecule has 5 rings (SSSR count). The summed E-state index contributed by atoms with van der Waals surface area (Å²) in [6.07, 6.45) is 0.513. The summed E-state index contributed by atoms with van der Waals surface area (Å²) in [5.74, 6) is -1.32. The number of benzene rings is 2. The number of anilines is 1. The van der Waals surface area contributed by atoms with Gasteiger partial charge in [-0.3, -0.25) is 24.5 Å². The normalized spacial score (nSPS) is 18.5. The number of piperidine rings is 1. The quantitative estimate of drug-likeness (QED) is 0.621. The number of fused-ring (bicyclic) bond motifs is 2. The zero-order valence-electron chi connectivity index (χ0n) is 15.5. The second kappa shape index (κ2) is 6.99. The van der Waals surface area contributed by atoms with Crippen LogP contribution in [0.25, 0.3) is 11.0 Å². The minimum Gasteiger partial charge on any atom is -0.322 e. The van der Waals surface area contributed by atoms with Gasteiger partial charge in [0.2, 0.25) is 11.8 Å². The van der Waals surface area contributed by atoms with Crippen LogP contribution in [0.2, 0.25) is 0 Å². The second-order valence-corrected chi connectivity index (χ2v) is 7.72. The molecule has 4 amide bonds. The number of hydrogen-bond acceptors (Lipinski definition) is 7. The Labute approximate surface area is 174 Å². The summed E-state index contributed by atoms with van der Waals surface area (Å²) >= 11 is 1.09. The van der Waals surface area contributed by atoms with Gasteiger partial charge in [0.25, 0.3) is 11.8 Å². The van der Waals surface area contributed by atoms with Crippen molar-refractivity contribution in [2.24, 2.45) is 0 Å². The van der Waals surface area contributed by atoms with Gasteiger partial charge in [-0.2, -0.15) is 8.75 Å². The Kier molecular flexibility index (Phi) is 4.28. The number of nitrogens with zero attached hydrogens (tertiary/aromatic N) is 3. The van der Waals surface area contributed by atoms with Crippen LogP contribution in [0, 0.1) is 0 Å². The van der Waals surface area contributed by atoms with Crippen LogP contribution in [0.5, 0.6) is 0 Å². The molecule has 0 bridgehead atoms. The summed E-state index contributed by atoms with van der Waals surface area (Å²) in [6, 6.07) is 9.47. The maximum absolute atomic E-state index is 12.7. The SMILES string of the molecule is O=C1CCC(N2Cc3cc(NC(=O)c4ccc5nsnc5c4)ccc3C2=O)C(=O)N1. The lowest BCUT2D eigenvalue weighted by Gasteiger charge is -2.29. The minimum atomic E-state index is -0.668. The molecule has 0 spiro atoms. The average molecular weight is 421 g/mol. The topological polar surface area (TPSA) is 121 Å². The van der Waals surface area contributed by atoms with Gasteiger partial charge in [-0.15, -0.1) is 0 Å². The van der Waals surface area contributed by atoms with E-state index >= 15 is 0 Å². The molecule has 2 aliphatic rings. The van der Waals surface area contributed by atoms with Gasteiger partial charge in [0.15, 0.2) is 0 Å². The van der Waals surface area contributed by atoms with Crippen LogP contribution in [0.3, 0.4) is 0 Å². The Hall–Kier alpha value is -3.66. The van der Waals surface area contributed by atoms with Crippen LogP contribution >= 0.6 is 11.7 Å². The average Bonchev–Trinajstić information content (AvgIpc) is 3.32. The molecule has 0 saturated carbocycles. The number of carbonyl (C=O) groups excluding carboxylic acids is 4. The largest absolute Gasteiger partial charge is 0.322 e. The standard InChI is InChI=1S/C20H15N5O4S/c26-17-6-5-16(19(28)22-17)25-9-11-7-12(2-3-13(11)20(25)29)21-18(27)10-1-4-14-15(8-10)24-30-23-14/h1-4,7-8,16H,5-6,9H2,(H,21,27)(H,22,26,28). The van der Waals surface area contributed by atoms with E-state index in [0.717, 1.165) is 22.8 Å². The van der Waals surface area contributed by atoms with Crippen molar-refractivity contribution in [1.29, 1.82) is 0 Å². The van der Waals surface area contributed by atoms with Crippen LogP contribution in [0.4, 0.5) is 5.69 Å². The van der Waals surface area contributed by atoms with Gasteiger partial charge in [0.1, 0.15) is 17.1 Å². The van der Waals surface area contributed by atoms with Crippen molar-refractivity contribution in [3.05, 3.63) is 53.1 Å². The van der Waals surface area contributed by atoms with E-state index in [-0.39, 0.29) is 30.7 Å². The number of aromatic nitrogens is 2. The highest BCUT2D eigenvalue weighted by atomic mass is 32.1. The maximum Gasteiger partial charge on any atom is 0.255 e. The number of hydrogen-bond donors (Lipinski definition) is 2. The molecular formula is C20H15N5O4S. The molecule has 2 aliphatic heterocycles. The molecule has 1 saturated heterocycles. The van der Waals surface area contributed by atoms with Crippen molar-refractivity contribution in [3.63, 3.8) is 0 Å². The molecular weight excluding hydrogens is 406 g/mol. The predicted octanol–water partition coefficient (Wildman–Crippen LogP) is 1.70. The fourth-order valence-corrected chi connectivity index (χ4v) is 4.30. The molecule has 0 radical (unpaired) electrons. The van der Waals surface area contributed by atoms with Gasteiger partial charge in [0.05, 0.1) is 11.7 Å². The lowest BCUT2D eigenvalue weighted by atomic mass is 10.0.